The third-order valence-corrected chi connectivity index (χ3v) is 3.99. The number of hydrogen-bond donors (Lipinski definition) is 2. The highest BCUT2D eigenvalue weighted by Gasteiger charge is 2.09. The Balaban J connectivity index is 2.85. The SMILES string of the molecule is C=C/C=C(/Oc1cccc(CNC(=O)C(/C=C\C=C(C)CC)=C(/C)N)c1)C(=C)F. The summed E-state index contributed by atoms with van der Waals surface area (Å²) in [5, 5.41) is 2.83. The molecule has 0 aliphatic heterocycles. The molecule has 0 spiro atoms. The van der Waals surface area contributed by atoms with Crippen LogP contribution in [-0.4, -0.2) is 5.91 Å². The molecule has 1 rings (SSSR count). The smallest absolute Gasteiger partial charge is 0.253 e. The lowest BCUT2D eigenvalue weighted by molar-refractivity contribution is -0.117. The van der Waals surface area contributed by atoms with Crippen molar-refractivity contribution in [1.82, 2.24) is 5.32 Å². The van der Waals surface area contributed by atoms with Crippen LogP contribution in [0.4, 0.5) is 4.39 Å². The van der Waals surface area contributed by atoms with Gasteiger partial charge in [0, 0.05) is 12.2 Å². The van der Waals surface area contributed by atoms with Crippen molar-refractivity contribution in [3.63, 3.8) is 0 Å². The summed E-state index contributed by atoms with van der Waals surface area (Å²) >= 11 is 0. The second-order valence-electron chi connectivity index (χ2n) is 6.43. The maximum atomic E-state index is 13.4. The molecule has 3 N–H and O–H groups in total. The van der Waals surface area contributed by atoms with Crippen molar-refractivity contribution in [1.29, 1.82) is 0 Å². The highest BCUT2D eigenvalue weighted by atomic mass is 19.1. The number of carbonyl (C=O) groups excluding carboxylic acids is 1. The summed E-state index contributed by atoms with van der Waals surface area (Å²) in [6, 6.07) is 6.98. The van der Waals surface area contributed by atoms with Crippen molar-refractivity contribution in [2.24, 2.45) is 5.73 Å². The van der Waals surface area contributed by atoms with Gasteiger partial charge in [0.25, 0.3) is 5.91 Å². The Kier molecular flexibility index (Phi) is 9.96. The number of benzene rings is 1. The van der Waals surface area contributed by atoms with Gasteiger partial charge in [-0.1, -0.05) is 56.0 Å². The normalized spacial score (nSPS) is 13.1. The number of halogens is 1. The fraction of sp³-hybridized carbons (Fsp3) is 0.208. The number of ether oxygens (including phenoxy) is 1. The molecule has 0 fully saturated rings. The zero-order valence-electron chi connectivity index (χ0n) is 17.3. The van der Waals surface area contributed by atoms with Crippen LogP contribution in [0.25, 0.3) is 0 Å². The van der Waals surface area contributed by atoms with Crippen LogP contribution in [0.2, 0.25) is 0 Å². The van der Waals surface area contributed by atoms with Crippen LogP contribution in [0.5, 0.6) is 5.75 Å². The fourth-order valence-corrected chi connectivity index (χ4v) is 2.22. The molecule has 0 radical (unpaired) electrons. The zero-order valence-corrected chi connectivity index (χ0v) is 17.3. The summed E-state index contributed by atoms with van der Waals surface area (Å²) in [5.74, 6) is -0.573. The van der Waals surface area contributed by atoms with Crippen LogP contribution in [0.3, 0.4) is 0 Å². The number of nitrogens with two attached hydrogens (primary N) is 1. The first-order chi connectivity index (χ1) is 13.8. The van der Waals surface area contributed by atoms with Gasteiger partial charge in [0.05, 0.1) is 5.57 Å². The number of nitrogens with one attached hydrogen (secondary N) is 1. The van der Waals surface area contributed by atoms with Crippen LogP contribution >= 0.6 is 0 Å². The van der Waals surface area contributed by atoms with E-state index in [9.17, 15) is 9.18 Å². The first kappa shape index (κ1) is 23.7. The van der Waals surface area contributed by atoms with E-state index in [1.807, 2.05) is 25.1 Å². The van der Waals surface area contributed by atoms with Crippen molar-refractivity contribution in [3.8, 4) is 5.75 Å². The summed E-state index contributed by atoms with van der Waals surface area (Å²) < 4.78 is 18.9. The van der Waals surface area contributed by atoms with E-state index >= 15 is 0 Å². The summed E-state index contributed by atoms with van der Waals surface area (Å²) in [4.78, 5) is 12.5. The first-order valence-electron chi connectivity index (χ1n) is 9.31. The minimum Gasteiger partial charge on any atom is -0.454 e. The Morgan fingerprint density at radius 3 is 2.62 bits per heavy atom. The lowest BCUT2D eigenvalue weighted by atomic mass is 10.1. The largest absolute Gasteiger partial charge is 0.454 e. The molecule has 0 saturated heterocycles. The number of allylic oxidation sites excluding steroid dienone is 7. The quantitative estimate of drug-likeness (QED) is 0.317. The van der Waals surface area contributed by atoms with Crippen LogP contribution in [0, 0.1) is 0 Å². The molecular weight excluding hydrogens is 367 g/mol. The summed E-state index contributed by atoms with van der Waals surface area (Å²) in [6.07, 6.45) is 9.20. The molecule has 29 heavy (non-hydrogen) atoms. The van der Waals surface area contributed by atoms with E-state index in [1.54, 1.807) is 31.2 Å². The maximum Gasteiger partial charge on any atom is 0.253 e. The first-order valence-corrected chi connectivity index (χ1v) is 9.31. The van der Waals surface area contributed by atoms with Gasteiger partial charge in [-0.2, -0.15) is 0 Å². The van der Waals surface area contributed by atoms with Crippen molar-refractivity contribution in [3.05, 3.63) is 102 Å². The molecule has 0 unspecified atom stereocenters. The van der Waals surface area contributed by atoms with Crippen LogP contribution in [0.15, 0.2) is 96.2 Å². The number of amides is 1. The molecule has 5 heteroatoms. The number of hydrogen-bond acceptors (Lipinski definition) is 3. The lowest BCUT2D eigenvalue weighted by Crippen LogP contribution is -2.25. The van der Waals surface area contributed by atoms with Crippen molar-refractivity contribution in [2.45, 2.75) is 33.7 Å². The van der Waals surface area contributed by atoms with E-state index in [1.165, 1.54) is 17.7 Å². The Morgan fingerprint density at radius 2 is 2.03 bits per heavy atom. The molecule has 0 aliphatic carbocycles. The Bertz CT molecular complexity index is 873. The van der Waals surface area contributed by atoms with Gasteiger partial charge in [-0.3, -0.25) is 4.79 Å². The Morgan fingerprint density at radius 1 is 1.31 bits per heavy atom. The predicted molar refractivity (Wildman–Crippen MR) is 118 cm³/mol. The van der Waals surface area contributed by atoms with Crippen LogP contribution in [-0.2, 0) is 11.3 Å². The number of rotatable bonds is 10. The molecule has 0 heterocycles. The molecule has 0 bridgehead atoms. The topological polar surface area (TPSA) is 64.3 Å². The molecule has 4 nitrogen and oxygen atoms in total. The van der Waals surface area contributed by atoms with E-state index in [2.05, 4.69) is 25.4 Å². The molecule has 1 amide bonds. The molecule has 154 valence electrons. The predicted octanol–water partition coefficient (Wildman–Crippen LogP) is 5.38. The monoisotopic (exact) mass is 396 g/mol. The van der Waals surface area contributed by atoms with Gasteiger partial charge in [-0.15, -0.1) is 0 Å². The van der Waals surface area contributed by atoms with E-state index in [0.717, 1.165) is 12.0 Å². The Labute approximate surface area is 172 Å². The van der Waals surface area contributed by atoms with E-state index in [-0.39, 0.29) is 18.2 Å². The third-order valence-electron chi connectivity index (χ3n) is 3.99. The minimum atomic E-state index is -0.698. The zero-order chi connectivity index (χ0) is 21.8. The molecule has 0 atom stereocenters. The second kappa shape index (κ2) is 12.2. The number of carbonyl (C=O) groups is 1. The third kappa shape index (κ3) is 8.47. The lowest BCUT2D eigenvalue weighted by Gasteiger charge is -2.11. The molecule has 0 aliphatic rings. The summed E-state index contributed by atoms with van der Waals surface area (Å²) in [5.41, 5.74) is 8.69. The van der Waals surface area contributed by atoms with Gasteiger partial charge < -0.3 is 15.8 Å². The van der Waals surface area contributed by atoms with Gasteiger partial charge in [0.1, 0.15) is 5.75 Å². The van der Waals surface area contributed by atoms with Gasteiger partial charge in [0.15, 0.2) is 11.6 Å². The standard InChI is InChI=1S/C24H29FN2O2/c1-6-10-23(18(4)25)29-21-13-9-12-20(15-21)16-27-24(28)22(19(5)26)14-8-11-17(3)7-2/h6,8-15H,1,4,7,16,26H2,2-3,5H3,(H,27,28)/b14-8-,17-11?,22-19-,23-10+. The van der Waals surface area contributed by atoms with Gasteiger partial charge in [0.2, 0.25) is 0 Å². The minimum absolute atomic E-state index is 0.0225. The molecule has 0 aromatic heterocycles. The van der Waals surface area contributed by atoms with Gasteiger partial charge in [-0.25, -0.2) is 4.39 Å². The van der Waals surface area contributed by atoms with Crippen LogP contribution < -0.4 is 15.8 Å². The van der Waals surface area contributed by atoms with E-state index in [0.29, 0.717) is 17.0 Å². The fourth-order valence-electron chi connectivity index (χ4n) is 2.22. The van der Waals surface area contributed by atoms with Crippen LogP contribution in [0.1, 0.15) is 32.8 Å². The second-order valence-corrected chi connectivity index (χ2v) is 6.43. The summed E-state index contributed by atoms with van der Waals surface area (Å²) in [6.45, 7) is 12.8. The average Bonchev–Trinajstić information content (AvgIpc) is 2.68. The van der Waals surface area contributed by atoms with Crippen molar-refractivity contribution in [2.75, 3.05) is 0 Å². The van der Waals surface area contributed by atoms with Gasteiger partial charge >= 0.3 is 0 Å². The highest BCUT2D eigenvalue weighted by Crippen LogP contribution is 2.20. The molecule has 1 aromatic carbocycles. The van der Waals surface area contributed by atoms with Gasteiger partial charge in [-0.05, 0) is 50.1 Å². The Hall–Kier alpha value is -3.34. The highest BCUT2D eigenvalue weighted by molar-refractivity contribution is 5.96. The van der Waals surface area contributed by atoms with Crippen molar-refractivity contribution < 1.29 is 13.9 Å². The van der Waals surface area contributed by atoms with E-state index < -0.39 is 5.83 Å². The summed E-state index contributed by atoms with van der Waals surface area (Å²) in [7, 11) is 0. The molecule has 1 aromatic rings. The van der Waals surface area contributed by atoms with Crippen molar-refractivity contribution >= 4 is 5.91 Å². The molecule has 0 saturated carbocycles. The average molecular weight is 397 g/mol. The maximum absolute atomic E-state index is 13.4. The van der Waals surface area contributed by atoms with E-state index in [4.69, 9.17) is 10.5 Å². The molecular formula is C24H29FN2O2.